The van der Waals surface area contributed by atoms with Crippen LogP contribution in [-0.4, -0.2) is 14.8 Å². The molecule has 112 valence electrons. The average Bonchev–Trinajstić information content (AvgIpc) is 2.91. The van der Waals surface area contributed by atoms with Crippen molar-refractivity contribution in [2.45, 2.75) is 18.4 Å². The Hall–Kier alpha value is -2.27. The first-order valence-corrected chi connectivity index (χ1v) is 8.23. The van der Waals surface area contributed by atoms with Crippen molar-refractivity contribution in [2.75, 3.05) is 0 Å². The van der Waals surface area contributed by atoms with Crippen molar-refractivity contribution in [1.82, 2.24) is 14.8 Å². The van der Waals surface area contributed by atoms with Gasteiger partial charge in [-0.3, -0.25) is 9.89 Å². The van der Waals surface area contributed by atoms with Crippen LogP contribution in [0.5, 0.6) is 0 Å². The predicted octanol–water partition coefficient (Wildman–Crippen LogP) is 3.30. The summed E-state index contributed by atoms with van der Waals surface area (Å²) in [6, 6.07) is 15.7. The molecule has 0 saturated heterocycles. The Kier molecular flexibility index (Phi) is 4.44. The van der Waals surface area contributed by atoms with Crippen molar-refractivity contribution in [1.29, 1.82) is 0 Å². The Morgan fingerprint density at radius 1 is 1.14 bits per heavy atom. The van der Waals surface area contributed by atoms with Gasteiger partial charge in [0.2, 0.25) is 0 Å². The van der Waals surface area contributed by atoms with Crippen LogP contribution in [0.1, 0.15) is 16.8 Å². The van der Waals surface area contributed by atoms with Crippen LogP contribution in [0.15, 0.2) is 59.5 Å². The van der Waals surface area contributed by atoms with E-state index in [2.05, 4.69) is 41.3 Å². The molecule has 0 amide bonds. The molecule has 2 heterocycles. The lowest BCUT2D eigenvalue weighted by Gasteiger charge is -2.02. The first-order chi connectivity index (χ1) is 10.7. The number of nitrogens with zero attached hydrogens (tertiary/aromatic N) is 2. The summed E-state index contributed by atoms with van der Waals surface area (Å²) in [6.45, 7) is 2.09. The lowest BCUT2D eigenvalue weighted by atomic mass is 10.2. The van der Waals surface area contributed by atoms with Crippen molar-refractivity contribution >= 4 is 11.8 Å². The molecule has 2 aromatic heterocycles. The molecule has 0 aliphatic carbocycles. The standard InChI is InChI=1S/C17H17N3OS/c1-13-5-7-14(8-6-13)11-22-12-15-10-17(21)20(19-15)16-4-2-3-9-18-16/h2-10,19H,11-12H2,1H3. The highest BCUT2D eigenvalue weighted by Gasteiger charge is 2.05. The van der Waals surface area contributed by atoms with Gasteiger partial charge in [-0.15, -0.1) is 0 Å². The van der Waals surface area contributed by atoms with Crippen LogP contribution in [0, 0.1) is 6.92 Å². The second kappa shape index (κ2) is 6.66. The van der Waals surface area contributed by atoms with Crippen LogP contribution in [0.2, 0.25) is 0 Å². The van der Waals surface area contributed by atoms with E-state index in [1.165, 1.54) is 15.8 Å². The number of rotatable bonds is 5. The van der Waals surface area contributed by atoms with E-state index in [-0.39, 0.29) is 5.56 Å². The van der Waals surface area contributed by atoms with Gasteiger partial charge in [0.1, 0.15) is 0 Å². The van der Waals surface area contributed by atoms with E-state index >= 15 is 0 Å². The minimum Gasteiger partial charge on any atom is -0.293 e. The van der Waals surface area contributed by atoms with Crippen LogP contribution >= 0.6 is 11.8 Å². The summed E-state index contributed by atoms with van der Waals surface area (Å²) < 4.78 is 1.47. The maximum atomic E-state index is 12.0. The Morgan fingerprint density at radius 2 is 1.95 bits per heavy atom. The zero-order valence-corrected chi connectivity index (χ0v) is 13.1. The molecule has 1 aromatic carbocycles. The summed E-state index contributed by atoms with van der Waals surface area (Å²) in [4.78, 5) is 16.2. The zero-order chi connectivity index (χ0) is 15.4. The molecular formula is C17H17N3OS. The van der Waals surface area contributed by atoms with Gasteiger partial charge in [0, 0.05) is 29.5 Å². The fourth-order valence-corrected chi connectivity index (χ4v) is 3.04. The summed E-state index contributed by atoms with van der Waals surface area (Å²) >= 11 is 1.78. The number of aromatic amines is 1. The van der Waals surface area contributed by atoms with Gasteiger partial charge >= 0.3 is 0 Å². The number of hydrogen-bond acceptors (Lipinski definition) is 3. The van der Waals surface area contributed by atoms with Gasteiger partial charge in [-0.2, -0.15) is 11.8 Å². The van der Waals surface area contributed by atoms with E-state index in [0.717, 1.165) is 17.2 Å². The van der Waals surface area contributed by atoms with E-state index in [1.54, 1.807) is 30.1 Å². The second-order valence-corrected chi connectivity index (χ2v) is 6.11. The number of pyridine rings is 1. The number of aromatic nitrogens is 3. The molecule has 0 fully saturated rings. The predicted molar refractivity (Wildman–Crippen MR) is 90.4 cm³/mol. The van der Waals surface area contributed by atoms with Gasteiger partial charge in [-0.25, -0.2) is 9.67 Å². The molecule has 0 unspecified atom stereocenters. The molecule has 5 heteroatoms. The third-order valence-electron chi connectivity index (χ3n) is 3.30. The number of aryl methyl sites for hydroxylation is 1. The Balaban J connectivity index is 1.64. The molecule has 3 aromatic rings. The molecule has 0 spiro atoms. The third-order valence-corrected chi connectivity index (χ3v) is 4.35. The van der Waals surface area contributed by atoms with Gasteiger partial charge in [-0.05, 0) is 24.6 Å². The van der Waals surface area contributed by atoms with Crippen molar-refractivity contribution in [3.63, 3.8) is 0 Å². The van der Waals surface area contributed by atoms with Gasteiger partial charge in [0.25, 0.3) is 5.56 Å². The van der Waals surface area contributed by atoms with Gasteiger partial charge in [0.05, 0.1) is 0 Å². The number of thioether (sulfide) groups is 1. The minimum atomic E-state index is -0.0790. The third kappa shape index (κ3) is 3.49. The van der Waals surface area contributed by atoms with Crippen LogP contribution < -0.4 is 5.56 Å². The van der Waals surface area contributed by atoms with E-state index in [1.807, 2.05) is 12.1 Å². The zero-order valence-electron chi connectivity index (χ0n) is 12.3. The molecule has 1 N–H and O–H groups in total. The summed E-state index contributed by atoms with van der Waals surface area (Å²) in [7, 11) is 0. The Bertz CT molecular complexity index is 791. The SMILES string of the molecule is Cc1ccc(CSCc2cc(=O)n(-c3ccccn3)[nH]2)cc1. The molecule has 0 atom stereocenters. The smallest absolute Gasteiger partial charge is 0.272 e. The topological polar surface area (TPSA) is 50.7 Å². The van der Waals surface area contributed by atoms with Gasteiger partial charge in [-0.1, -0.05) is 35.9 Å². The summed E-state index contributed by atoms with van der Waals surface area (Å²) in [5.74, 6) is 2.31. The van der Waals surface area contributed by atoms with Crippen LogP contribution in [0.4, 0.5) is 0 Å². The van der Waals surface area contributed by atoms with Gasteiger partial charge in [0.15, 0.2) is 5.82 Å². The van der Waals surface area contributed by atoms with Crippen molar-refractivity contribution in [3.05, 3.63) is 81.9 Å². The number of H-pyrrole nitrogens is 1. The first kappa shape index (κ1) is 14.7. The van der Waals surface area contributed by atoms with E-state index in [4.69, 9.17) is 0 Å². The maximum absolute atomic E-state index is 12.0. The highest BCUT2D eigenvalue weighted by molar-refractivity contribution is 7.97. The fourth-order valence-electron chi connectivity index (χ4n) is 2.14. The molecule has 0 radical (unpaired) electrons. The maximum Gasteiger partial charge on any atom is 0.272 e. The first-order valence-electron chi connectivity index (χ1n) is 7.08. The van der Waals surface area contributed by atoms with Crippen LogP contribution in [-0.2, 0) is 11.5 Å². The molecule has 0 saturated carbocycles. The molecule has 0 aliphatic rings. The van der Waals surface area contributed by atoms with E-state index in [0.29, 0.717) is 5.82 Å². The molecule has 4 nitrogen and oxygen atoms in total. The van der Waals surface area contributed by atoms with E-state index < -0.39 is 0 Å². The quantitative estimate of drug-likeness (QED) is 0.786. The number of benzene rings is 1. The Morgan fingerprint density at radius 3 is 2.68 bits per heavy atom. The molecule has 3 rings (SSSR count). The summed E-state index contributed by atoms with van der Waals surface area (Å²) in [5.41, 5.74) is 3.39. The Labute approximate surface area is 133 Å². The molecular weight excluding hydrogens is 294 g/mol. The molecule has 0 aliphatic heterocycles. The highest BCUT2D eigenvalue weighted by atomic mass is 32.2. The molecule has 0 bridgehead atoms. The lowest BCUT2D eigenvalue weighted by Crippen LogP contribution is -2.14. The fraction of sp³-hybridized carbons (Fsp3) is 0.176. The van der Waals surface area contributed by atoms with Gasteiger partial charge < -0.3 is 0 Å². The number of nitrogens with one attached hydrogen (secondary N) is 1. The van der Waals surface area contributed by atoms with Crippen molar-refractivity contribution in [2.24, 2.45) is 0 Å². The lowest BCUT2D eigenvalue weighted by molar-refractivity contribution is 0.805. The largest absolute Gasteiger partial charge is 0.293 e. The average molecular weight is 311 g/mol. The van der Waals surface area contributed by atoms with E-state index in [9.17, 15) is 4.79 Å². The minimum absolute atomic E-state index is 0.0790. The van der Waals surface area contributed by atoms with Crippen LogP contribution in [0.3, 0.4) is 0 Å². The number of hydrogen-bond donors (Lipinski definition) is 1. The van der Waals surface area contributed by atoms with Crippen molar-refractivity contribution < 1.29 is 0 Å². The van der Waals surface area contributed by atoms with Crippen molar-refractivity contribution in [3.8, 4) is 5.82 Å². The summed E-state index contributed by atoms with van der Waals surface area (Å²) in [6.07, 6.45) is 1.68. The highest BCUT2D eigenvalue weighted by Crippen LogP contribution is 2.17. The monoisotopic (exact) mass is 311 g/mol. The summed E-state index contributed by atoms with van der Waals surface area (Å²) in [5, 5.41) is 3.11. The normalized spacial score (nSPS) is 10.8. The molecule has 22 heavy (non-hydrogen) atoms. The van der Waals surface area contributed by atoms with Crippen LogP contribution in [0.25, 0.3) is 5.82 Å². The second-order valence-electron chi connectivity index (χ2n) is 5.12.